The molecular weight excluding hydrogens is 548 g/mol. The molecule has 0 bridgehead atoms. The molecule has 1 amide bonds. The largest absolute Gasteiger partial charge is 0.457 e. The van der Waals surface area contributed by atoms with Crippen LogP contribution in [0.25, 0.3) is 0 Å². The van der Waals surface area contributed by atoms with E-state index in [1.807, 2.05) is 30.3 Å². The highest BCUT2D eigenvalue weighted by Crippen LogP contribution is 2.37. The third kappa shape index (κ3) is 8.42. The van der Waals surface area contributed by atoms with Crippen LogP contribution in [0.2, 0.25) is 0 Å². The molecular formula is C33H42N4O4S. The second kappa shape index (κ2) is 13.5. The van der Waals surface area contributed by atoms with Crippen molar-refractivity contribution in [3.8, 4) is 11.5 Å². The quantitative estimate of drug-likeness (QED) is 0.245. The van der Waals surface area contributed by atoms with E-state index in [9.17, 15) is 14.7 Å². The van der Waals surface area contributed by atoms with Gasteiger partial charge in [0.1, 0.15) is 23.1 Å². The van der Waals surface area contributed by atoms with Crippen molar-refractivity contribution in [3.05, 3.63) is 87.3 Å². The number of aromatic nitrogens is 2. The van der Waals surface area contributed by atoms with E-state index in [1.165, 1.54) is 4.90 Å². The van der Waals surface area contributed by atoms with E-state index < -0.39 is 0 Å². The van der Waals surface area contributed by atoms with Gasteiger partial charge in [-0.2, -0.15) is 0 Å². The molecule has 0 saturated heterocycles. The molecule has 42 heavy (non-hydrogen) atoms. The summed E-state index contributed by atoms with van der Waals surface area (Å²) >= 11 is 0.975. The zero-order valence-electron chi connectivity index (χ0n) is 25.8. The fourth-order valence-corrected chi connectivity index (χ4v) is 5.14. The number of nitrogen functional groups attached to an aromatic ring is 1. The van der Waals surface area contributed by atoms with Gasteiger partial charge in [0, 0.05) is 35.4 Å². The molecule has 0 aliphatic rings. The summed E-state index contributed by atoms with van der Waals surface area (Å²) in [7, 11) is 0. The highest BCUT2D eigenvalue weighted by Gasteiger charge is 2.23. The van der Waals surface area contributed by atoms with Crippen molar-refractivity contribution in [1.29, 1.82) is 0 Å². The molecule has 0 aliphatic carbocycles. The Morgan fingerprint density at radius 1 is 1.07 bits per heavy atom. The van der Waals surface area contributed by atoms with Gasteiger partial charge in [0.25, 0.3) is 0 Å². The maximum atomic E-state index is 13.8. The average molecular weight is 591 g/mol. The molecule has 9 heteroatoms. The Balaban J connectivity index is 1.99. The van der Waals surface area contributed by atoms with Crippen molar-refractivity contribution in [2.45, 2.75) is 79.2 Å². The minimum atomic E-state index is -0.260. The lowest BCUT2D eigenvalue weighted by Gasteiger charge is -2.23. The molecule has 8 nitrogen and oxygen atoms in total. The normalized spacial score (nSPS) is 12.5. The van der Waals surface area contributed by atoms with Crippen molar-refractivity contribution in [2.24, 2.45) is 0 Å². The Bertz CT molecular complexity index is 1470. The van der Waals surface area contributed by atoms with Crippen LogP contribution in [0.4, 0.5) is 5.82 Å². The number of aliphatic hydroxyl groups is 1. The summed E-state index contributed by atoms with van der Waals surface area (Å²) in [6.07, 6.45) is 2.45. The minimum absolute atomic E-state index is 0.0670. The number of aryl methyl sites for hydroxylation is 1. The number of allylic oxidation sites excluding steroid dienone is 1. The second-order valence-electron chi connectivity index (χ2n) is 12.3. The minimum Gasteiger partial charge on any atom is -0.457 e. The molecule has 0 spiro atoms. The van der Waals surface area contributed by atoms with Gasteiger partial charge < -0.3 is 20.5 Å². The molecule has 1 aromatic heterocycles. The van der Waals surface area contributed by atoms with Gasteiger partial charge in [-0.1, -0.05) is 59.7 Å². The fourth-order valence-electron chi connectivity index (χ4n) is 4.18. The smallest absolute Gasteiger partial charge is 0.227 e. The number of hydrogen-bond donors (Lipinski definition) is 2. The molecule has 0 fully saturated rings. The number of thioether (sulfide) groups is 1. The maximum absolute atomic E-state index is 13.8. The van der Waals surface area contributed by atoms with Crippen LogP contribution >= 0.6 is 11.8 Å². The molecule has 0 saturated carbocycles. The van der Waals surface area contributed by atoms with E-state index in [1.54, 1.807) is 26.1 Å². The molecule has 0 unspecified atom stereocenters. The number of nitrogens with zero attached hydrogens (tertiary/aromatic N) is 3. The summed E-state index contributed by atoms with van der Waals surface area (Å²) in [4.78, 5) is 36.3. The fraction of sp³-hybridized carbons (Fsp3) is 0.394. The molecule has 2 aromatic carbocycles. The van der Waals surface area contributed by atoms with Crippen molar-refractivity contribution < 1.29 is 19.4 Å². The Morgan fingerprint density at radius 2 is 1.74 bits per heavy atom. The lowest BCUT2D eigenvalue weighted by molar-refractivity contribution is -0.116. The van der Waals surface area contributed by atoms with E-state index in [4.69, 9.17) is 10.5 Å². The number of carbonyl (C=O) groups is 2. The maximum Gasteiger partial charge on any atom is 0.227 e. The lowest BCUT2D eigenvalue weighted by atomic mass is 9.86. The summed E-state index contributed by atoms with van der Waals surface area (Å²) in [5.41, 5.74) is 9.47. The molecule has 224 valence electrons. The van der Waals surface area contributed by atoms with Gasteiger partial charge in [0.15, 0.2) is 0 Å². The first kappa shape index (κ1) is 32.8. The summed E-state index contributed by atoms with van der Waals surface area (Å²) in [6, 6.07) is 13.5. The number of benzene rings is 2. The standard InChI is InChI=1S/C33H42N4O4S/c1-21(37(20-39)19-23-18-35-22(2)36-30(23)34)29(14-15-38)42-31(40)27-13-12-25(33(6,7)8)17-28(27)41-26-11-9-10-24(16-26)32(3,4)5/h9-13,16-18,20,38H,14-15,19H2,1-8H3,(H2,34,35,36)/b29-21-. The molecule has 0 atom stereocenters. The predicted octanol–water partition coefficient (Wildman–Crippen LogP) is 6.90. The zero-order valence-corrected chi connectivity index (χ0v) is 26.6. The van der Waals surface area contributed by atoms with Gasteiger partial charge in [0.2, 0.25) is 11.5 Å². The van der Waals surface area contributed by atoms with Crippen LogP contribution in [-0.2, 0) is 22.2 Å². The first-order valence-corrected chi connectivity index (χ1v) is 14.7. The number of nitrogens with two attached hydrogens (primary N) is 1. The molecule has 1 heterocycles. The van der Waals surface area contributed by atoms with Gasteiger partial charge in [-0.3, -0.25) is 9.59 Å². The monoisotopic (exact) mass is 590 g/mol. The van der Waals surface area contributed by atoms with Crippen LogP contribution < -0.4 is 10.5 Å². The third-order valence-corrected chi connectivity index (χ3v) is 8.02. The highest BCUT2D eigenvalue weighted by atomic mass is 32.2. The number of anilines is 1. The van der Waals surface area contributed by atoms with Crippen LogP contribution in [0.3, 0.4) is 0 Å². The summed E-state index contributed by atoms with van der Waals surface area (Å²) in [5, 5.41) is 9.56. The van der Waals surface area contributed by atoms with Crippen LogP contribution in [0.1, 0.15) is 87.8 Å². The Morgan fingerprint density at radius 3 is 2.33 bits per heavy atom. The topological polar surface area (TPSA) is 119 Å². The number of hydrogen-bond acceptors (Lipinski definition) is 8. The van der Waals surface area contributed by atoms with Crippen molar-refractivity contribution in [2.75, 3.05) is 12.3 Å². The number of ether oxygens (including phenoxy) is 1. The van der Waals surface area contributed by atoms with E-state index in [0.717, 1.165) is 22.9 Å². The predicted molar refractivity (Wildman–Crippen MR) is 169 cm³/mol. The van der Waals surface area contributed by atoms with Crippen molar-refractivity contribution >= 4 is 29.1 Å². The van der Waals surface area contributed by atoms with E-state index >= 15 is 0 Å². The summed E-state index contributed by atoms with van der Waals surface area (Å²) < 4.78 is 6.38. The third-order valence-electron chi connectivity index (χ3n) is 6.87. The Labute approximate surface area is 253 Å². The van der Waals surface area contributed by atoms with Gasteiger partial charge >= 0.3 is 0 Å². The molecule has 3 aromatic rings. The Kier molecular flexibility index (Phi) is 10.6. The number of rotatable bonds is 10. The zero-order chi connectivity index (χ0) is 31.2. The lowest BCUT2D eigenvalue weighted by Crippen LogP contribution is -2.22. The van der Waals surface area contributed by atoms with Crippen LogP contribution in [0.15, 0.2) is 59.3 Å². The number of amides is 1. The van der Waals surface area contributed by atoms with Gasteiger partial charge in [-0.25, -0.2) is 9.97 Å². The van der Waals surface area contributed by atoms with Crippen molar-refractivity contribution in [3.63, 3.8) is 0 Å². The molecule has 0 aliphatic heterocycles. The molecule has 3 N–H and O–H groups in total. The summed E-state index contributed by atoms with van der Waals surface area (Å²) in [5.74, 6) is 1.90. The van der Waals surface area contributed by atoms with Gasteiger partial charge in [-0.15, -0.1) is 0 Å². The van der Waals surface area contributed by atoms with Crippen molar-refractivity contribution in [1.82, 2.24) is 14.9 Å². The van der Waals surface area contributed by atoms with E-state index in [-0.39, 0.29) is 41.3 Å². The van der Waals surface area contributed by atoms with E-state index in [0.29, 0.717) is 45.5 Å². The number of carbonyl (C=O) groups excluding carboxylic acids is 2. The van der Waals surface area contributed by atoms with Crippen LogP contribution in [-0.4, -0.2) is 38.1 Å². The van der Waals surface area contributed by atoms with E-state index in [2.05, 4.69) is 57.6 Å². The van der Waals surface area contributed by atoms with Crippen LogP contribution in [0, 0.1) is 6.92 Å². The van der Waals surface area contributed by atoms with Gasteiger partial charge in [0.05, 0.1) is 12.1 Å². The SMILES string of the molecule is C/C(=C(\CCO)SC(=O)c1ccc(C(C)(C)C)cc1Oc1cccc(C(C)(C)C)c1)N(C=O)Cc1cnc(C)nc1N. The summed E-state index contributed by atoms with van der Waals surface area (Å²) in [6.45, 7) is 16.1. The second-order valence-corrected chi connectivity index (χ2v) is 13.3. The first-order valence-electron chi connectivity index (χ1n) is 13.9. The molecule has 0 radical (unpaired) electrons. The average Bonchev–Trinajstić information content (AvgIpc) is 2.91. The molecule has 3 rings (SSSR count). The Hall–Kier alpha value is -3.69. The number of aliphatic hydroxyl groups excluding tert-OH is 1. The highest BCUT2D eigenvalue weighted by molar-refractivity contribution is 8.17. The first-order chi connectivity index (χ1) is 19.6. The van der Waals surface area contributed by atoms with Gasteiger partial charge in [-0.05, 0) is 71.8 Å². The van der Waals surface area contributed by atoms with Crippen LogP contribution in [0.5, 0.6) is 11.5 Å².